The average molecular weight is 485 g/mol. The standard InChI is InChI=1S/C23H28N6O4S/c24-22-21-23(26-16-25-22)28(17-27-21)12-5-15-33-20(30)11-8-18-6-9-19(10-7-18)34(31,32)29-13-3-1-2-4-14-29/h6-11,16-17H,1-5,12-15H2,(H2,24,25,26)/b11-8-. The molecule has 1 aliphatic rings. The minimum absolute atomic E-state index is 0.233. The lowest BCUT2D eigenvalue weighted by Gasteiger charge is -2.19. The zero-order valence-corrected chi connectivity index (χ0v) is 19.7. The number of rotatable bonds is 8. The number of benzene rings is 1. The van der Waals surface area contributed by atoms with E-state index in [0.29, 0.717) is 48.6 Å². The Hall–Kier alpha value is -3.31. The lowest BCUT2D eigenvalue weighted by atomic mass is 10.2. The predicted molar refractivity (Wildman–Crippen MR) is 128 cm³/mol. The molecule has 0 atom stereocenters. The zero-order chi connectivity index (χ0) is 24.0. The summed E-state index contributed by atoms with van der Waals surface area (Å²) >= 11 is 0. The summed E-state index contributed by atoms with van der Waals surface area (Å²) in [5.74, 6) is -0.142. The van der Waals surface area contributed by atoms with E-state index in [9.17, 15) is 13.2 Å². The van der Waals surface area contributed by atoms with E-state index in [0.717, 1.165) is 25.7 Å². The van der Waals surface area contributed by atoms with Crippen LogP contribution in [0.2, 0.25) is 0 Å². The molecule has 4 rings (SSSR count). The number of sulfonamides is 1. The number of nitrogens with zero attached hydrogens (tertiary/aromatic N) is 5. The summed E-state index contributed by atoms with van der Waals surface area (Å²) in [6.07, 6.45) is 10.5. The minimum Gasteiger partial charge on any atom is -0.462 e. The van der Waals surface area contributed by atoms with E-state index >= 15 is 0 Å². The molecule has 3 heterocycles. The van der Waals surface area contributed by atoms with Gasteiger partial charge in [0.25, 0.3) is 0 Å². The van der Waals surface area contributed by atoms with Crippen molar-refractivity contribution in [3.63, 3.8) is 0 Å². The van der Waals surface area contributed by atoms with Gasteiger partial charge < -0.3 is 15.0 Å². The molecule has 0 radical (unpaired) electrons. The highest BCUT2D eigenvalue weighted by Crippen LogP contribution is 2.21. The van der Waals surface area contributed by atoms with Crippen molar-refractivity contribution in [2.24, 2.45) is 0 Å². The van der Waals surface area contributed by atoms with Crippen molar-refractivity contribution in [3.8, 4) is 0 Å². The molecule has 3 aromatic rings. The van der Waals surface area contributed by atoms with Crippen LogP contribution >= 0.6 is 0 Å². The van der Waals surface area contributed by atoms with Gasteiger partial charge in [0.2, 0.25) is 10.0 Å². The first-order chi connectivity index (χ1) is 16.4. The van der Waals surface area contributed by atoms with E-state index in [1.54, 1.807) is 41.0 Å². The van der Waals surface area contributed by atoms with Crippen LogP contribution in [0.5, 0.6) is 0 Å². The van der Waals surface area contributed by atoms with Gasteiger partial charge in [-0.05, 0) is 43.0 Å². The van der Waals surface area contributed by atoms with Crippen molar-refractivity contribution in [3.05, 3.63) is 48.6 Å². The van der Waals surface area contributed by atoms with Gasteiger partial charge in [0.05, 0.1) is 17.8 Å². The number of carbonyl (C=O) groups excluding carboxylic acids is 1. The molecule has 2 aromatic heterocycles. The largest absolute Gasteiger partial charge is 0.462 e. The number of carbonyl (C=O) groups is 1. The molecule has 11 heteroatoms. The summed E-state index contributed by atoms with van der Waals surface area (Å²) in [7, 11) is -3.49. The monoisotopic (exact) mass is 484 g/mol. The molecule has 34 heavy (non-hydrogen) atoms. The van der Waals surface area contributed by atoms with E-state index in [1.165, 1.54) is 12.4 Å². The number of aryl methyl sites for hydroxylation is 1. The minimum atomic E-state index is -3.49. The lowest BCUT2D eigenvalue weighted by Crippen LogP contribution is -2.31. The average Bonchev–Trinajstić information content (AvgIpc) is 3.05. The summed E-state index contributed by atoms with van der Waals surface area (Å²) < 4.78 is 34.4. The Bertz CT molecular complexity index is 1260. The number of hydrogen-bond donors (Lipinski definition) is 1. The normalized spacial score (nSPS) is 15.5. The van der Waals surface area contributed by atoms with Gasteiger partial charge in [0.15, 0.2) is 11.5 Å². The maximum atomic E-state index is 12.9. The van der Waals surface area contributed by atoms with E-state index in [4.69, 9.17) is 10.5 Å². The Labute approximate surface area is 198 Å². The second kappa shape index (κ2) is 10.7. The molecule has 0 amide bonds. The Morgan fingerprint density at radius 2 is 1.79 bits per heavy atom. The third kappa shape index (κ3) is 5.60. The maximum absolute atomic E-state index is 12.9. The highest BCUT2D eigenvalue weighted by molar-refractivity contribution is 7.89. The molecule has 1 saturated heterocycles. The van der Waals surface area contributed by atoms with Crippen LogP contribution in [0.4, 0.5) is 5.82 Å². The summed E-state index contributed by atoms with van der Waals surface area (Å²) in [6, 6.07) is 6.53. The van der Waals surface area contributed by atoms with Crippen LogP contribution in [-0.2, 0) is 26.1 Å². The van der Waals surface area contributed by atoms with E-state index < -0.39 is 16.0 Å². The topological polar surface area (TPSA) is 133 Å². The Morgan fingerprint density at radius 3 is 2.53 bits per heavy atom. The Morgan fingerprint density at radius 1 is 1.06 bits per heavy atom. The maximum Gasteiger partial charge on any atom is 0.330 e. The van der Waals surface area contributed by atoms with Gasteiger partial charge in [0, 0.05) is 25.7 Å². The number of nitrogen functional groups attached to an aromatic ring is 1. The number of fused-ring (bicyclic) bond motifs is 1. The van der Waals surface area contributed by atoms with Crippen molar-refractivity contribution in [2.75, 3.05) is 25.4 Å². The van der Waals surface area contributed by atoms with Gasteiger partial charge in [0.1, 0.15) is 11.8 Å². The highest BCUT2D eigenvalue weighted by atomic mass is 32.2. The van der Waals surface area contributed by atoms with Crippen LogP contribution in [-0.4, -0.2) is 57.9 Å². The van der Waals surface area contributed by atoms with Gasteiger partial charge in [-0.2, -0.15) is 4.31 Å². The quantitative estimate of drug-likeness (QED) is 0.293. The molecule has 0 aliphatic carbocycles. The van der Waals surface area contributed by atoms with Crippen molar-refractivity contribution in [1.29, 1.82) is 0 Å². The van der Waals surface area contributed by atoms with Crippen LogP contribution in [0.15, 0.2) is 47.9 Å². The van der Waals surface area contributed by atoms with Crippen molar-refractivity contribution < 1.29 is 17.9 Å². The molecule has 0 saturated carbocycles. The summed E-state index contributed by atoms with van der Waals surface area (Å²) in [5.41, 5.74) is 7.68. The fourth-order valence-electron chi connectivity index (χ4n) is 3.86. The third-order valence-corrected chi connectivity index (χ3v) is 7.62. The zero-order valence-electron chi connectivity index (χ0n) is 18.8. The van der Waals surface area contributed by atoms with Crippen LogP contribution in [0.3, 0.4) is 0 Å². The number of imidazole rings is 1. The van der Waals surface area contributed by atoms with E-state index in [-0.39, 0.29) is 11.5 Å². The SMILES string of the molecule is Nc1ncnc2c1ncn2CCCOC(=O)/C=C\c1ccc(S(=O)(=O)N2CCCCCC2)cc1. The van der Waals surface area contributed by atoms with Crippen molar-refractivity contribution >= 4 is 39.1 Å². The first-order valence-electron chi connectivity index (χ1n) is 11.3. The van der Waals surface area contributed by atoms with Gasteiger partial charge in [-0.25, -0.2) is 28.2 Å². The van der Waals surface area contributed by atoms with Crippen LogP contribution < -0.4 is 5.73 Å². The molecule has 0 bridgehead atoms. The molecule has 1 fully saturated rings. The molecule has 1 aliphatic heterocycles. The second-order valence-corrected chi connectivity index (χ2v) is 10.0. The van der Waals surface area contributed by atoms with Gasteiger partial charge >= 0.3 is 5.97 Å². The fraction of sp³-hybridized carbons (Fsp3) is 0.391. The molecule has 0 unspecified atom stereocenters. The predicted octanol–water partition coefficient (Wildman–Crippen LogP) is 2.62. The summed E-state index contributed by atoms with van der Waals surface area (Å²) in [6.45, 7) is 1.93. The number of ether oxygens (including phenoxy) is 1. The number of hydrogen-bond acceptors (Lipinski definition) is 8. The second-order valence-electron chi connectivity index (χ2n) is 8.11. The third-order valence-electron chi connectivity index (χ3n) is 5.71. The van der Waals surface area contributed by atoms with Crippen LogP contribution in [0, 0.1) is 0 Å². The first kappa shape index (κ1) is 23.8. The molecule has 180 valence electrons. The number of nitrogens with two attached hydrogens (primary N) is 1. The molecule has 0 spiro atoms. The van der Waals surface area contributed by atoms with E-state index in [2.05, 4.69) is 15.0 Å². The number of esters is 1. The Kier molecular flexibility index (Phi) is 7.53. The van der Waals surface area contributed by atoms with Crippen LogP contribution in [0.1, 0.15) is 37.7 Å². The molecular weight excluding hydrogens is 456 g/mol. The fourth-order valence-corrected chi connectivity index (χ4v) is 5.38. The molecule has 1 aromatic carbocycles. The van der Waals surface area contributed by atoms with Gasteiger partial charge in [-0.3, -0.25) is 0 Å². The number of anilines is 1. The molecular formula is C23H28N6O4S. The van der Waals surface area contributed by atoms with Gasteiger partial charge in [-0.15, -0.1) is 0 Å². The smallest absolute Gasteiger partial charge is 0.330 e. The van der Waals surface area contributed by atoms with Crippen molar-refractivity contribution in [2.45, 2.75) is 43.5 Å². The molecule has 10 nitrogen and oxygen atoms in total. The molecule has 2 N–H and O–H groups in total. The summed E-state index contributed by atoms with van der Waals surface area (Å²) in [5, 5.41) is 0. The van der Waals surface area contributed by atoms with E-state index in [1.807, 2.05) is 4.57 Å². The first-order valence-corrected chi connectivity index (χ1v) is 12.8. The highest BCUT2D eigenvalue weighted by Gasteiger charge is 2.24. The Balaban J connectivity index is 1.26. The van der Waals surface area contributed by atoms with Crippen LogP contribution in [0.25, 0.3) is 17.2 Å². The van der Waals surface area contributed by atoms with Crippen molar-refractivity contribution in [1.82, 2.24) is 23.8 Å². The van der Waals surface area contributed by atoms with Gasteiger partial charge in [-0.1, -0.05) is 25.0 Å². The lowest BCUT2D eigenvalue weighted by molar-refractivity contribution is -0.137. The summed E-state index contributed by atoms with van der Waals surface area (Å²) in [4.78, 5) is 24.6. The number of aromatic nitrogens is 4.